The van der Waals surface area contributed by atoms with E-state index in [1.54, 1.807) is 0 Å². The molecule has 3 aromatic rings. The second-order valence-electron chi connectivity index (χ2n) is 8.31. The van der Waals surface area contributed by atoms with E-state index in [1.165, 1.54) is 5.57 Å². The Hall–Kier alpha value is -4.11. The lowest BCUT2D eigenvalue weighted by Gasteiger charge is -2.11. The Balaban J connectivity index is 1.56. The fourth-order valence-corrected chi connectivity index (χ4v) is 3.75. The Morgan fingerprint density at radius 2 is 1.94 bits per heavy atom. The van der Waals surface area contributed by atoms with Gasteiger partial charge in [-0.25, -0.2) is 4.68 Å². The van der Waals surface area contributed by atoms with Crippen LogP contribution in [0, 0.1) is 32.6 Å². The molecule has 0 saturated carbocycles. The number of benzene rings is 2. The van der Waals surface area contributed by atoms with Crippen molar-refractivity contribution in [1.82, 2.24) is 20.5 Å². The van der Waals surface area contributed by atoms with Gasteiger partial charge in [0, 0.05) is 29.6 Å². The Labute approximate surface area is 200 Å². The number of amides is 1. The van der Waals surface area contributed by atoms with E-state index in [0.29, 0.717) is 12.1 Å². The van der Waals surface area contributed by atoms with Crippen LogP contribution in [0.25, 0.3) is 5.69 Å². The van der Waals surface area contributed by atoms with E-state index in [-0.39, 0.29) is 5.91 Å². The third-order valence-electron chi connectivity index (χ3n) is 5.96. The second kappa shape index (κ2) is 10.7. The number of aryl methyl sites for hydroxylation is 1. The summed E-state index contributed by atoms with van der Waals surface area (Å²) < 4.78 is 1.91. The molecule has 34 heavy (non-hydrogen) atoms. The van der Waals surface area contributed by atoms with E-state index >= 15 is 0 Å². The lowest BCUT2D eigenvalue weighted by atomic mass is 10.1. The Kier molecular flexibility index (Phi) is 7.24. The van der Waals surface area contributed by atoms with Gasteiger partial charge in [-0.15, -0.1) is 0 Å². The molecule has 0 fully saturated rings. The van der Waals surface area contributed by atoms with Crippen LogP contribution < -0.4 is 10.7 Å². The zero-order valence-corrected chi connectivity index (χ0v) is 19.9. The van der Waals surface area contributed by atoms with E-state index < -0.39 is 0 Å². The predicted molar refractivity (Wildman–Crippen MR) is 136 cm³/mol. The maximum absolute atomic E-state index is 12.9. The molecule has 1 aliphatic rings. The molecule has 0 aliphatic carbocycles. The number of aromatic nitrogens is 2. The van der Waals surface area contributed by atoms with Gasteiger partial charge < -0.3 is 10.7 Å². The quantitative estimate of drug-likeness (QED) is 0.435. The molecule has 1 aliphatic heterocycles. The number of hydrogen-bond donors (Lipinski definition) is 2. The normalized spacial score (nSPS) is 12.4. The van der Waals surface area contributed by atoms with Gasteiger partial charge in [-0.05, 0) is 75.1 Å². The number of hydrazone groups is 1. The third-order valence-corrected chi connectivity index (χ3v) is 5.96. The number of rotatable bonds is 6. The van der Waals surface area contributed by atoms with Gasteiger partial charge in [0.1, 0.15) is 0 Å². The van der Waals surface area contributed by atoms with Gasteiger partial charge in [0.05, 0.1) is 23.5 Å². The smallest absolute Gasteiger partial charge is 0.251 e. The number of carbonyl (C=O) groups is 1. The molecule has 0 atom stereocenters. The molecular formula is C28H29N5O. The summed E-state index contributed by atoms with van der Waals surface area (Å²) in [5.41, 5.74) is 10.4. The van der Waals surface area contributed by atoms with Crippen molar-refractivity contribution >= 4 is 12.1 Å². The molecule has 4 rings (SSSR count). The molecule has 2 aromatic carbocycles. The Bertz CT molecular complexity index is 1310. The van der Waals surface area contributed by atoms with Crippen molar-refractivity contribution in [3.8, 4) is 17.5 Å². The van der Waals surface area contributed by atoms with Crippen LogP contribution in [0.1, 0.15) is 51.3 Å². The fraction of sp³-hybridized carbons (Fsp3) is 0.250. The lowest BCUT2D eigenvalue weighted by molar-refractivity contribution is 0.0953. The highest BCUT2D eigenvalue weighted by molar-refractivity contribution is 5.95. The summed E-state index contributed by atoms with van der Waals surface area (Å²) in [6.07, 6.45) is 5.69. The molecule has 172 valence electrons. The minimum absolute atomic E-state index is 0.105. The number of carbonyl (C=O) groups excluding carboxylic acids is 1. The van der Waals surface area contributed by atoms with Crippen LogP contribution in [0.3, 0.4) is 0 Å². The van der Waals surface area contributed by atoms with Gasteiger partial charge in [-0.3, -0.25) is 4.79 Å². The molecular weight excluding hydrogens is 422 g/mol. The summed E-state index contributed by atoms with van der Waals surface area (Å²) in [6, 6.07) is 15.5. The molecule has 6 nitrogen and oxygen atoms in total. The topological polar surface area (TPSA) is 71.3 Å². The van der Waals surface area contributed by atoms with Crippen molar-refractivity contribution in [2.24, 2.45) is 5.10 Å². The van der Waals surface area contributed by atoms with Crippen LogP contribution in [0.5, 0.6) is 0 Å². The van der Waals surface area contributed by atoms with E-state index in [4.69, 9.17) is 5.10 Å². The monoisotopic (exact) mass is 451 g/mol. The summed E-state index contributed by atoms with van der Waals surface area (Å²) in [7, 11) is 0. The van der Waals surface area contributed by atoms with E-state index in [9.17, 15) is 4.79 Å². The van der Waals surface area contributed by atoms with Gasteiger partial charge in [-0.1, -0.05) is 36.1 Å². The first-order valence-electron chi connectivity index (χ1n) is 11.5. The van der Waals surface area contributed by atoms with E-state index in [2.05, 4.69) is 40.7 Å². The van der Waals surface area contributed by atoms with Gasteiger partial charge in [0.15, 0.2) is 0 Å². The van der Waals surface area contributed by atoms with Crippen molar-refractivity contribution in [2.45, 2.75) is 33.6 Å². The van der Waals surface area contributed by atoms with Gasteiger partial charge in [-0.2, -0.15) is 10.2 Å². The summed E-state index contributed by atoms with van der Waals surface area (Å²) in [5.74, 6) is 6.39. The average Bonchev–Trinajstić information content (AvgIpc) is 3.13. The maximum atomic E-state index is 12.9. The summed E-state index contributed by atoms with van der Waals surface area (Å²) in [6.45, 7) is 7.47. The fourth-order valence-electron chi connectivity index (χ4n) is 3.75. The number of hydrogen-bond acceptors (Lipinski definition) is 4. The lowest BCUT2D eigenvalue weighted by Crippen LogP contribution is -2.25. The van der Waals surface area contributed by atoms with Crippen molar-refractivity contribution in [3.63, 3.8) is 0 Å². The number of nitrogens with one attached hydrogen (secondary N) is 2. The minimum atomic E-state index is -0.105. The van der Waals surface area contributed by atoms with E-state index in [0.717, 1.165) is 53.2 Å². The van der Waals surface area contributed by atoms with Crippen molar-refractivity contribution < 1.29 is 4.79 Å². The van der Waals surface area contributed by atoms with Crippen LogP contribution in [0.4, 0.5) is 0 Å². The van der Waals surface area contributed by atoms with Gasteiger partial charge in [0.2, 0.25) is 0 Å². The maximum Gasteiger partial charge on any atom is 0.251 e. The first-order valence-corrected chi connectivity index (χ1v) is 11.5. The van der Waals surface area contributed by atoms with E-state index in [1.807, 2.05) is 73.3 Å². The zero-order valence-electron chi connectivity index (χ0n) is 19.9. The summed E-state index contributed by atoms with van der Waals surface area (Å²) in [4.78, 5) is 12.9. The molecule has 0 bridgehead atoms. The highest BCUT2D eigenvalue weighted by Gasteiger charge is 2.14. The number of nitrogens with zero attached hydrogens (tertiary/aromatic N) is 3. The molecule has 1 aromatic heterocycles. The van der Waals surface area contributed by atoms with Crippen molar-refractivity contribution in [3.05, 3.63) is 93.8 Å². The molecule has 0 saturated heterocycles. The van der Waals surface area contributed by atoms with Crippen LogP contribution >= 0.6 is 0 Å². The largest absolute Gasteiger partial charge is 0.352 e. The molecule has 2 heterocycles. The van der Waals surface area contributed by atoms with Crippen LogP contribution in [0.15, 0.2) is 65.3 Å². The van der Waals surface area contributed by atoms with Gasteiger partial charge in [0.25, 0.3) is 5.91 Å². The SMILES string of the molecule is Cc1nn(-c2ccc(C(=O)NCCCC3=CCNN=C3)cc2C#Cc2ccccc2)c(C)c1C. The summed E-state index contributed by atoms with van der Waals surface area (Å²) >= 11 is 0. The Morgan fingerprint density at radius 3 is 2.65 bits per heavy atom. The molecule has 0 spiro atoms. The summed E-state index contributed by atoms with van der Waals surface area (Å²) in [5, 5.41) is 11.8. The Morgan fingerprint density at radius 1 is 1.12 bits per heavy atom. The third kappa shape index (κ3) is 5.44. The predicted octanol–water partition coefficient (Wildman–Crippen LogP) is 4.22. The van der Waals surface area contributed by atoms with Crippen molar-refractivity contribution in [2.75, 3.05) is 13.1 Å². The average molecular weight is 452 g/mol. The van der Waals surface area contributed by atoms with Crippen LogP contribution in [-0.4, -0.2) is 35.0 Å². The standard InChI is InChI=1S/C28H29N5O/c1-20-21(2)32-33(22(20)3)27-14-13-26(18-25(27)12-11-23-8-5-4-6-9-23)28(34)29-16-7-10-24-15-17-30-31-19-24/h4-6,8-9,13-15,18-19,30H,7,10,16-17H2,1-3H3,(H,29,34). The highest BCUT2D eigenvalue weighted by atomic mass is 16.1. The van der Waals surface area contributed by atoms with Crippen molar-refractivity contribution in [1.29, 1.82) is 0 Å². The molecule has 6 heteroatoms. The molecule has 1 amide bonds. The molecule has 2 N–H and O–H groups in total. The van der Waals surface area contributed by atoms with Crippen LogP contribution in [-0.2, 0) is 0 Å². The molecule has 0 unspecified atom stereocenters. The number of allylic oxidation sites excluding steroid dienone is 1. The molecule has 0 radical (unpaired) electrons. The van der Waals surface area contributed by atoms with Crippen LogP contribution in [0.2, 0.25) is 0 Å². The first kappa shape index (κ1) is 23.1. The van der Waals surface area contributed by atoms with Gasteiger partial charge >= 0.3 is 0 Å². The zero-order chi connectivity index (χ0) is 23.9. The first-order chi connectivity index (χ1) is 16.5. The minimum Gasteiger partial charge on any atom is -0.352 e. The highest BCUT2D eigenvalue weighted by Crippen LogP contribution is 2.21. The second-order valence-corrected chi connectivity index (χ2v) is 8.31.